The highest BCUT2D eigenvalue weighted by molar-refractivity contribution is 5.84. The van der Waals surface area contributed by atoms with Gasteiger partial charge in [0.1, 0.15) is 11.3 Å². The molecule has 7 rings (SSSR count). The van der Waals surface area contributed by atoms with Crippen molar-refractivity contribution in [2.45, 2.75) is 31.1 Å². The van der Waals surface area contributed by atoms with Crippen molar-refractivity contribution in [3.63, 3.8) is 0 Å². The molecule has 2 unspecified atom stereocenters. The molecular formula is C38H30O3. The van der Waals surface area contributed by atoms with Crippen LogP contribution in [0.4, 0.5) is 0 Å². The van der Waals surface area contributed by atoms with Gasteiger partial charge in [0.05, 0.1) is 10.9 Å². The molecule has 0 saturated heterocycles. The molecule has 200 valence electrons. The van der Waals surface area contributed by atoms with Gasteiger partial charge in [-0.05, 0) is 76.3 Å². The molecule has 5 aromatic carbocycles. The Morgan fingerprint density at radius 3 is 2.10 bits per heavy atom. The SMILES string of the molecule is O=c1oc2ccccc2c(O)c1C1CC(c2ccc(Cc3ccc(-c4ccccc4)cc3)cc2)Cc2ccccc21. The zero-order valence-electron chi connectivity index (χ0n) is 22.7. The first-order valence-corrected chi connectivity index (χ1v) is 14.2. The monoisotopic (exact) mass is 534 g/mol. The number of hydrogen-bond acceptors (Lipinski definition) is 3. The number of rotatable bonds is 5. The summed E-state index contributed by atoms with van der Waals surface area (Å²) in [5, 5.41) is 11.8. The lowest BCUT2D eigenvalue weighted by Crippen LogP contribution is -2.23. The van der Waals surface area contributed by atoms with E-state index in [4.69, 9.17) is 4.42 Å². The van der Waals surface area contributed by atoms with E-state index in [2.05, 4.69) is 84.9 Å². The second kappa shape index (κ2) is 10.6. The maximum atomic E-state index is 13.2. The third-order valence-corrected chi connectivity index (χ3v) is 8.51. The van der Waals surface area contributed by atoms with Gasteiger partial charge in [0.2, 0.25) is 0 Å². The molecule has 1 N–H and O–H groups in total. The highest BCUT2D eigenvalue weighted by Gasteiger charge is 2.33. The van der Waals surface area contributed by atoms with Crippen LogP contribution in [0.1, 0.15) is 51.6 Å². The van der Waals surface area contributed by atoms with E-state index in [9.17, 15) is 9.90 Å². The van der Waals surface area contributed by atoms with Gasteiger partial charge >= 0.3 is 5.63 Å². The summed E-state index contributed by atoms with van der Waals surface area (Å²) in [6, 6.07) is 43.6. The van der Waals surface area contributed by atoms with Crippen molar-refractivity contribution in [2.24, 2.45) is 0 Å². The van der Waals surface area contributed by atoms with Crippen LogP contribution < -0.4 is 5.63 Å². The minimum Gasteiger partial charge on any atom is -0.507 e. The van der Waals surface area contributed by atoms with Gasteiger partial charge in [-0.1, -0.05) is 115 Å². The number of fused-ring (bicyclic) bond motifs is 2. The fraction of sp³-hybridized carbons (Fsp3) is 0.132. The molecule has 6 aromatic rings. The first-order valence-electron chi connectivity index (χ1n) is 14.2. The van der Waals surface area contributed by atoms with Crippen LogP contribution in [-0.4, -0.2) is 5.11 Å². The first kappa shape index (κ1) is 25.1. The van der Waals surface area contributed by atoms with Gasteiger partial charge in [-0.2, -0.15) is 0 Å². The van der Waals surface area contributed by atoms with E-state index in [1.54, 1.807) is 18.2 Å². The molecule has 1 aromatic heterocycles. The predicted octanol–water partition coefficient (Wildman–Crippen LogP) is 8.62. The van der Waals surface area contributed by atoms with E-state index in [-0.39, 0.29) is 17.6 Å². The second-order valence-corrected chi connectivity index (χ2v) is 11.0. The minimum absolute atomic E-state index is 0.0333. The highest BCUT2D eigenvalue weighted by atomic mass is 16.4. The Morgan fingerprint density at radius 2 is 1.32 bits per heavy atom. The van der Waals surface area contributed by atoms with E-state index in [0.717, 1.165) is 24.8 Å². The van der Waals surface area contributed by atoms with E-state index >= 15 is 0 Å². The molecule has 0 radical (unpaired) electrons. The molecule has 0 saturated carbocycles. The summed E-state index contributed by atoms with van der Waals surface area (Å²) >= 11 is 0. The summed E-state index contributed by atoms with van der Waals surface area (Å²) in [5.41, 5.74) is 8.85. The van der Waals surface area contributed by atoms with Crippen molar-refractivity contribution in [3.8, 4) is 16.9 Å². The molecule has 41 heavy (non-hydrogen) atoms. The van der Waals surface area contributed by atoms with Crippen LogP contribution in [0, 0.1) is 0 Å². The molecule has 3 nitrogen and oxygen atoms in total. The molecule has 2 atom stereocenters. The fourth-order valence-corrected chi connectivity index (χ4v) is 6.39. The topological polar surface area (TPSA) is 50.4 Å². The Labute approximate surface area is 239 Å². The molecule has 1 heterocycles. The average molecular weight is 535 g/mol. The van der Waals surface area contributed by atoms with E-state index in [1.165, 1.54) is 33.4 Å². The lowest BCUT2D eigenvalue weighted by atomic mass is 9.72. The molecule has 0 spiro atoms. The lowest BCUT2D eigenvalue weighted by Gasteiger charge is -2.32. The van der Waals surface area contributed by atoms with Crippen LogP contribution in [0.3, 0.4) is 0 Å². The van der Waals surface area contributed by atoms with Crippen LogP contribution in [-0.2, 0) is 12.8 Å². The largest absolute Gasteiger partial charge is 0.507 e. The average Bonchev–Trinajstić information content (AvgIpc) is 3.02. The van der Waals surface area contributed by atoms with Crippen molar-refractivity contribution >= 4 is 11.0 Å². The Morgan fingerprint density at radius 1 is 0.683 bits per heavy atom. The summed E-state index contributed by atoms with van der Waals surface area (Å²) < 4.78 is 5.67. The number of para-hydroxylation sites is 1. The fourth-order valence-electron chi connectivity index (χ4n) is 6.39. The van der Waals surface area contributed by atoms with Crippen molar-refractivity contribution < 1.29 is 9.52 Å². The van der Waals surface area contributed by atoms with Crippen LogP contribution in [0.2, 0.25) is 0 Å². The number of benzene rings is 5. The third-order valence-electron chi connectivity index (χ3n) is 8.51. The standard InChI is InChI=1S/C38H30O3/c39-37-33-12-6-7-13-35(33)41-38(40)36(37)34-24-31(23-30-10-4-5-11-32(30)34)29-20-16-26(17-21-29)22-25-14-18-28(19-15-25)27-8-2-1-3-9-27/h1-21,31,34,39H,22-24H2. The van der Waals surface area contributed by atoms with E-state index in [1.807, 2.05) is 24.3 Å². The summed E-state index contributed by atoms with van der Waals surface area (Å²) in [6.07, 6.45) is 2.50. The van der Waals surface area contributed by atoms with Crippen molar-refractivity contribution in [3.05, 3.63) is 171 Å². The van der Waals surface area contributed by atoms with Crippen LogP contribution >= 0.6 is 0 Å². The van der Waals surface area contributed by atoms with E-state index in [0.29, 0.717) is 16.5 Å². The third kappa shape index (κ3) is 4.85. The summed E-state index contributed by atoms with van der Waals surface area (Å²) in [4.78, 5) is 13.2. The van der Waals surface area contributed by atoms with Gasteiger partial charge in [0, 0.05) is 5.92 Å². The first-order chi connectivity index (χ1) is 20.1. The molecule has 3 heteroatoms. The maximum absolute atomic E-state index is 13.2. The quantitative estimate of drug-likeness (QED) is 0.225. The van der Waals surface area contributed by atoms with Crippen molar-refractivity contribution in [2.75, 3.05) is 0 Å². The van der Waals surface area contributed by atoms with Crippen LogP contribution in [0.5, 0.6) is 5.75 Å². The van der Waals surface area contributed by atoms with Gasteiger partial charge in [-0.25, -0.2) is 4.79 Å². The summed E-state index contributed by atoms with van der Waals surface area (Å²) in [7, 11) is 0. The van der Waals surface area contributed by atoms with Gasteiger partial charge in [-0.15, -0.1) is 0 Å². The van der Waals surface area contributed by atoms with Crippen LogP contribution in [0.15, 0.2) is 137 Å². The molecule has 1 aliphatic carbocycles. The predicted molar refractivity (Wildman–Crippen MR) is 165 cm³/mol. The van der Waals surface area contributed by atoms with Gasteiger partial charge < -0.3 is 9.52 Å². The van der Waals surface area contributed by atoms with Crippen molar-refractivity contribution in [1.29, 1.82) is 0 Å². The Kier molecular flexibility index (Phi) is 6.48. The van der Waals surface area contributed by atoms with Crippen molar-refractivity contribution in [1.82, 2.24) is 0 Å². The van der Waals surface area contributed by atoms with E-state index < -0.39 is 5.63 Å². The molecule has 0 bridgehead atoms. The molecule has 1 aliphatic rings. The normalized spacial score (nSPS) is 16.4. The Balaban J connectivity index is 1.16. The zero-order valence-corrected chi connectivity index (χ0v) is 22.7. The lowest BCUT2D eigenvalue weighted by molar-refractivity contribution is 0.437. The number of aromatic hydroxyl groups is 1. The smallest absolute Gasteiger partial charge is 0.343 e. The second-order valence-electron chi connectivity index (χ2n) is 11.0. The van der Waals surface area contributed by atoms with Gasteiger partial charge in [0.25, 0.3) is 0 Å². The highest BCUT2D eigenvalue weighted by Crippen LogP contribution is 2.45. The Hall–Kier alpha value is -4.89. The van der Waals surface area contributed by atoms with Crippen LogP contribution in [0.25, 0.3) is 22.1 Å². The molecule has 0 amide bonds. The van der Waals surface area contributed by atoms with Gasteiger partial charge in [-0.3, -0.25) is 0 Å². The Bertz CT molecular complexity index is 1880. The summed E-state index contributed by atoms with van der Waals surface area (Å²) in [6.45, 7) is 0. The maximum Gasteiger partial charge on any atom is 0.343 e. The number of hydrogen-bond donors (Lipinski definition) is 1. The molecule has 0 fully saturated rings. The molecular weight excluding hydrogens is 504 g/mol. The molecule has 0 aliphatic heterocycles. The minimum atomic E-state index is -0.463. The summed E-state index contributed by atoms with van der Waals surface area (Å²) in [5.74, 6) is 0.0129. The van der Waals surface area contributed by atoms with Gasteiger partial charge in [0.15, 0.2) is 0 Å². The zero-order chi connectivity index (χ0) is 27.8.